The van der Waals surface area contributed by atoms with Gasteiger partial charge in [-0.25, -0.2) is 14.8 Å². The van der Waals surface area contributed by atoms with E-state index in [4.69, 9.17) is 0 Å². The molecule has 2 N–H and O–H groups in total. The molecule has 2 aliphatic rings. The molecule has 0 spiro atoms. The van der Waals surface area contributed by atoms with Gasteiger partial charge in [-0.15, -0.1) is 0 Å². The highest BCUT2D eigenvalue weighted by molar-refractivity contribution is 7.98. The molecule has 2 saturated heterocycles. The fourth-order valence-corrected chi connectivity index (χ4v) is 3.90. The molecule has 1 aromatic rings. The van der Waals surface area contributed by atoms with Crippen molar-refractivity contribution in [3.8, 4) is 0 Å². The molecular weight excluding hydrogens is 326 g/mol. The first kappa shape index (κ1) is 17.3. The topological polar surface area (TPSA) is 81.6 Å². The SMILES string of the molecule is CSc1nccc(N2CCC(N(C[C@H]3CCNC3)C(=O)O)CC2)n1. The summed E-state index contributed by atoms with van der Waals surface area (Å²) in [4.78, 5) is 24.3. The van der Waals surface area contributed by atoms with E-state index in [0.717, 1.165) is 56.4 Å². The van der Waals surface area contributed by atoms with E-state index in [2.05, 4.69) is 20.2 Å². The molecule has 7 nitrogen and oxygen atoms in total. The van der Waals surface area contributed by atoms with E-state index >= 15 is 0 Å². The normalized spacial score (nSPS) is 21.9. The summed E-state index contributed by atoms with van der Waals surface area (Å²) in [5.74, 6) is 1.39. The summed E-state index contributed by atoms with van der Waals surface area (Å²) in [6.45, 7) is 4.25. The highest BCUT2D eigenvalue weighted by Crippen LogP contribution is 2.24. The van der Waals surface area contributed by atoms with E-state index in [-0.39, 0.29) is 6.04 Å². The summed E-state index contributed by atoms with van der Waals surface area (Å²) in [5.41, 5.74) is 0. The van der Waals surface area contributed by atoms with Gasteiger partial charge in [0, 0.05) is 31.9 Å². The number of carboxylic acid groups (broad SMARTS) is 1. The number of carbonyl (C=O) groups is 1. The Morgan fingerprint density at radius 2 is 2.25 bits per heavy atom. The van der Waals surface area contributed by atoms with Crippen LogP contribution in [0.4, 0.5) is 10.6 Å². The largest absolute Gasteiger partial charge is 0.465 e. The Bertz CT molecular complexity index is 559. The minimum atomic E-state index is -0.785. The molecule has 0 aromatic carbocycles. The average Bonchev–Trinajstić information content (AvgIpc) is 3.13. The van der Waals surface area contributed by atoms with Gasteiger partial charge in [0.05, 0.1) is 0 Å². The number of amides is 1. The molecule has 8 heteroatoms. The van der Waals surface area contributed by atoms with Crippen LogP contribution >= 0.6 is 11.8 Å². The molecule has 0 bridgehead atoms. The van der Waals surface area contributed by atoms with Gasteiger partial charge in [0.25, 0.3) is 0 Å². The third-order valence-electron chi connectivity index (χ3n) is 4.89. The van der Waals surface area contributed by atoms with Gasteiger partial charge in [-0.3, -0.25) is 0 Å². The lowest BCUT2D eigenvalue weighted by Crippen LogP contribution is -2.49. The molecule has 24 heavy (non-hydrogen) atoms. The fraction of sp³-hybridized carbons (Fsp3) is 0.688. The van der Waals surface area contributed by atoms with Crippen molar-refractivity contribution in [2.75, 3.05) is 43.9 Å². The predicted molar refractivity (Wildman–Crippen MR) is 94.8 cm³/mol. The number of hydrogen-bond acceptors (Lipinski definition) is 6. The zero-order chi connectivity index (χ0) is 16.9. The molecule has 0 unspecified atom stereocenters. The molecule has 3 heterocycles. The third-order valence-corrected chi connectivity index (χ3v) is 5.46. The number of rotatable bonds is 5. The van der Waals surface area contributed by atoms with Crippen molar-refractivity contribution in [2.24, 2.45) is 5.92 Å². The maximum absolute atomic E-state index is 11.7. The van der Waals surface area contributed by atoms with Gasteiger partial charge in [-0.2, -0.15) is 0 Å². The van der Waals surface area contributed by atoms with Crippen LogP contribution in [-0.2, 0) is 0 Å². The number of nitrogens with one attached hydrogen (secondary N) is 1. The first-order valence-corrected chi connectivity index (χ1v) is 9.72. The lowest BCUT2D eigenvalue weighted by Gasteiger charge is -2.38. The molecule has 3 rings (SSSR count). The van der Waals surface area contributed by atoms with Gasteiger partial charge >= 0.3 is 6.09 Å². The van der Waals surface area contributed by atoms with E-state index in [0.29, 0.717) is 12.5 Å². The maximum atomic E-state index is 11.7. The summed E-state index contributed by atoms with van der Waals surface area (Å²) in [5, 5.41) is 13.7. The number of thioether (sulfide) groups is 1. The Morgan fingerprint density at radius 1 is 1.46 bits per heavy atom. The molecule has 0 radical (unpaired) electrons. The van der Waals surface area contributed by atoms with Gasteiger partial charge in [-0.1, -0.05) is 11.8 Å². The third kappa shape index (κ3) is 4.10. The number of aromatic nitrogens is 2. The maximum Gasteiger partial charge on any atom is 0.407 e. The van der Waals surface area contributed by atoms with Gasteiger partial charge in [-0.05, 0) is 50.6 Å². The zero-order valence-electron chi connectivity index (χ0n) is 14.0. The van der Waals surface area contributed by atoms with Gasteiger partial charge in [0.1, 0.15) is 5.82 Å². The number of piperidine rings is 1. The van der Waals surface area contributed by atoms with E-state index in [9.17, 15) is 9.90 Å². The average molecular weight is 351 g/mol. The molecule has 132 valence electrons. The molecule has 1 atom stereocenters. The standard InChI is InChI=1S/C16H25N5O2S/c1-24-15-18-7-3-14(19-15)20-8-4-13(5-9-20)21(16(22)23)11-12-2-6-17-10-12/h3,7,12-13,17H,2,4-6,8-11H2,1H3,(H,22,23)/t12-/m0/s1. The van der Waals surface area contributed by atoms with Crippen LogP contribution in [0.2, 0.25) is 0 Å². The molecule has 1 aromatic heterocycles. The Balaban J connectivity index is 1.58. The fourth-order valence-electron chi connectivity index (χ4n) is 3.54. The lowest BCUT2D eigenvalue weighted by atomic mass is 10.0. The Morgan fingerprint density at radius 3 is 2.88 bits per heavy atom. The van der Waals surface area contributed by atoms with Crippen molar-refractivity contribution < 1.29 is 9.90 Å². The number of nitrogens with zero attached hydrogens (tertiary/aromatic N) is 4. The van der Waals surface area contributed by atoms with Crippen LogP contribution in [0.3, 0.4) is 0 Å². The molecule has 0 aliphatic carbocycles. The summed E-state index contributed by atoms with van der Waals surface area (Å²) < 4.78 is 0. The highest BCUT2D eigenvalue weighted by atomic mass is 32.2. The Kier molecular flexibility index (Phi) is 5.78. The quantitative estimate of drug-likeness (QED) is 0.618. The first-order valence-electron chi connectivity index (χ1n) is 8.49. The zero-order valence-corrected chi connectivity index (χ0v) is 14.8. The number of hydrogen-bond donors (Lipinski definition) is 2. The van der Waals surface area contributed by atoms with Crippen LogP contribution in [0.1, 0.15) is 19.3 Å². The number of anilines is 1. The van der Waals surface area contributed by atoms with Crippen LogP contribution in [0, 0.1) is 5.92 Å². The summed E-state index contributed by atoms with van der Waals surface area (Å²) in [6.07, 6.45) is 5.74. The molecule has 1 amide bonds. The predicted octanol–water partition coefficient (Wildman–Crippen LogP) is 1.76. The Hall–Kier alpha value is -1.54. The summed E-state index contributed by atoms with van der Waals surface area (Å²) in [7, 11) is 0. The van der Waals surface area contributed by atoms with Gasteiger partial charge in [0.2, 0.25) is 0 Å². The van der Waals surface area contributed by atoms with Gasteiger partial charge < -0.3 is 20.2 Å². The van der Waals surface area contributed by atoms with Gasteiger partial charge in [0.15, 0.2) is 5.16 Å². The minimum Gasteiger partial charge on any atom is -0.465 e. The van der Waals surface area contributed by atoms with Crippen LogP contribution < -0.4 is 10.2 Å². The molecule has 2 aliphatic heterocycles. The van der Waals surface area contributed by atoms with Crippen molar-refractivity contribution in [3.63, 3.8) is 0 Å². The Labute approximate surface area is 146 Å². The first-order chi connectivity index (χ1) is 11.7. The molecule has 0 saturated carbocycles. The highest BCUT2D eigenvalue weighted by Gasteiger charge is 2.30. The van der Waals surface area contributed by atoms with Crippen molar-refractivity contribution in [2.45, 2.75) is 30.5 Å². The lowest BCUT2D eigenvalue weighted by molar-refractivity contribution is 0.107. The van der Waals surface area contributed by atoms with E-state index in [1.807, 2.05) is 12.3 Å². The second-order valence-electron chi connectivity index (χ2n) is 6.41. The van der Waals surface area contributed by atoms with Crippen molar-refractivity contribution in [1.82, 2.24) is 20.2 Å². The summed E-state index contributed by atoms with van der Waals surface area (Å²) >= 11 is 1.53. The summed E-state index contributed by atoms with van der Waals surface area (Å²) in [6, 6.07) is 2.04. The van der Waals surface area contributed by atoms with Crippen LogP contribution in [-0.4, -0.2) is 71.1 Å². The van der Waals surface area contributed by atoms with Crippen LogP contribution in [0.5, 0.6) is 0 Å². The van der Waals surface area contributed by atoms with E-state index in [1.165, 1.54) is 11.8 Å². The second kappa shape index (κ2) is 8.02. The second-order valence-corrected chi connectivity index (χ2v) is 7.19. The molecule has 2 fully saturated rings. The van der Waals surface area contributed by atoms with Crippen molar-refractivity contribution >= 4 is 23.7 Å². The monoisotopic (exact) mass is 351 g/mol. The smallest absolute Gasteiger partial charge is 0.407 e. The van der Waals surface area contributed by atoms with Crippen molar-refractivity contribution in [3.05, 3.63) is 12.3 Å². The minimum absolute atomic E-state index is 0.112. The van der Waals surface area contributed by atoms with Crippen molar-refractivity contribution in [1.29, 1.82) is 0 Å². The van der Waals surface area contributed by atoms with Crippen LogP contribution in [0.15, 0.2) is 17.4 Å². The molecular formula is C16H25N5O2S. The van der Waals surface area contributed by atoms with E-state index in [1.54, 1.807) is 11.1 Å². The van der Waals surface area contributed by atoms with E-state index < -0.39 is 6.09 Å². The van der Waals surface area contributed by atoms with Crippen LogP contribution in [0.25, 0.3) is 0 Å².